The lowest BCUT2D eigenvalue weighted by atomic mass is 10.1. The van der Waals surface area contributed by atoms with Gasteiger partial charge in [-0.05, 0) is 43.3 Å². The van der Waals surface area contributed by atoms with E-state index in [0.29, 0.717) is 18.9 Å². The summed E-state index contributed by atoms with van der Waals surface area (Å²) in [6.45, 7) is 4.12. The molecule has 0 saturated carbocycles. The Balaban J connectivity index is 1.73. The van der Waals surface area contributed by atoms with Gasteiger partial charge in [0.15, 0.2) is 17.5 Å². The molecular formula is C18H17F3N2O2. The molecule has 132 valence electrons. The van der Waals surface area contributed by atoms with Crippen LogP contribution < -0.4 is 10.2 Å². The normalized spacial score (nSPS) is 17.4. The number of nitrogens with one attached hydrogen (secondary N) is 1. The van der Waals surface area contributed by atoms with Crippen molar-refractivity contribution in [3.8, 4) is 0 Å². The van der Waals surface area contributed by atoms with Gasteiger partial charge in [-0.15, -0.1) is 0 Å². The molecular weight excluding hydrogens is 333 g/mol. The van der Waals surface area contributed by atoms with E-state index < -0.39 is 28.9 Å². The predicted molar refractivity (Wildman–Crippen MR) is 88.3 cm³/mol. The molecule has 2 aromatic rings. The molecule has 1 aliphatic rings. The topological polar surface area (TPSA) is 41.6 Å². The highest BCUT2D eigenvalue weighted by atomic mass is 19.2. The number of hydrogen-bond acceptors (Lipinski definition) is 3. The molecule has 2 aromatic carbocycles. The molecule has 0 aromatic heterocycles. The van der Waals surface area contributed by atoms with Gasteiger partial charge in [0, 0.05) is 24.0 Å². The fourth-order valence-electron chi connectivity index (χ4n) is 2.75. The molecule has 0 aliphatic carbocycles. The second-order valence-electron chi connectivity index (χ2n) is 5.84. The van der Waals surface area contributed by atoms with Gasteiger partial charge < -0.3 is 15.0 Å². The fraction of sp³-hybridized carbons (Fsp3) is 0.278. The molecule has 3 rings (SSSR count). The molecule has 1 amide bonds. The Morgan fingerprint density at radius 2 is 1.84 bits per heavy atom. The van der Waals surface area contributed by atoms with Crippen LogP contribution in [0.15, 0.2) is 36.4 Å². The van der Waals surface area contributed by atoms with E-state index in [4.69, 9.17) is 4.74 Å². The van der Waals surface area contributed by atoms with Gasteiger partial charge in [0.05, 0.1) is 18.8 Å². The monoisotopic (exact) mass is 350 g/mol. The quantitative estimate of drug-likeness (QED) is 0.861. The molecule has 4 nitrogen and oxygen atoms in total. The molecule has 1 atom stereocenters. The van der Waals surface area contributed by atoms with Crippen LogP contribution in [0, 0.1) is 17.5 Å². The molecule has 0 spiro atoms. The van der Waals surface area contributed by atoms with E-state index in [1.165, 1.54) is 0 Å². The van der Waals surface area contributed by atoms with Gasteiger partial charge in [-0.25, -0.2) is 13.2 Å². The molecule has 7 heteroatoms. The van der Waals surface area contributed by atoms with Gasteiger partial charge in [-0.1, -0.05) is 0 Å². The number of carbonyl (C=O) groups excluding carboxylic acids is 1. The van der Waals surface area contributed by atoms with E-state index in [2.05, 4.69) is 17.1 Å². The van der Waals surface area contributed by atoms with Crippen molar-refractivity contribution in [3.63, 3.8) is 0 Å². The first-order chi connectivity index (χ1) is 12.0. The molecule has 25 heavy (non-hydrogen) atoms. The summed E-state index contributed by atoms with van der Waals surface area (Å²) in [5.74, 6) is -5.34. The van der Waals surface area contributed by atoms with Gasteiger partial charge >= 0.3 is 0 Å². The predicted octanol–water partition coefficient (Wildman–Crippen LogP) is 3.58. The van der Waals surface area contributed by atoms with E-state index in [1.807, 2.05) is 12.1 Å². The minimum Gasteiger partial charge on any atom is -0.377 e. The summed E-state index contributed by atoms with van der Waals surface area (Å²) in [6.07, 6.45) is 0. The zero-order valence-electron chi connectivity index (χ0n) is 13.6. The van der Waals surface area contributed by atoms with Crippen molar-refractivity contribution in [2.75, 3.05) is 30.0 Å². The Morgan fingerprint density at radius 1 is 1.12 bits per heavy atom. The smallest absolute Gasteiger partial charge is 0.258 e. The second-order valence-corrected chi connectivity index (χ2v) is 5.84. The zero-order chi connectivity index (χ0) is 18.0. The van der Waals surface area contributed by atoms with Gasteiger partial charge in [0.2, 0.25) is 0 Å². The molecule has 1 saturated heterocycles. The average Bonchev–Trinajstić information content (AvgIpc) is 2.61. The molecule has 0 bridgehead atoms. The van der Waals surface area contributed by atoms with Crippen LogP contribution >= 0.6 is 0 Å². The van der Waals surface area contributed by atoms with Crippen molar-refractivity contribution in [2.24, 2.45) is 0 Å². The number of amides is 1. The third-order valence-electron chi connectivity index (χ3n) is 4.10. The summed E-state index contributed by atoms with van der Waals surface area (Å²) >= 11 is 0. The van der Waals surface area contributed by atoms with E-state index in [0.717, 1.165) is 24.4 Å². The number of ether oxygens (including phenoxy) is 1. The number of benzene rings is 2. The third kappa shape index (κ3) is 3.61. The highest BCUT2D eigenvalue weighted by Gasteiger charge is 2.20. The van der Waals surface area contributed by atoms with Crippen LogP contribution in [0.2, 0.25) is 0 Å². The van der Waals surface area contributed by atoms with Crippen molar-refractivity contribution in [1.29, 1.82) is 0 Å². The molecule has 0 radical (unpaired) electrons. The Hall–Kier alpha value is -2.54. The van der Waals surface area contributed by atoms with E-state index in [1.54, 1.807) is 12.1 Å². The Bertz CT molecular complexity index is 781. The van der Waals surface area contributed by atoms with Crippen LogP contribution in [0.4, 0.5) is 24.5 Å². The maximum Gasteiger partial charge on any atom is 0.258 e. The van der Waals surface area contributed by atoms with Gasteiger partial charge in [0.25, 0.3) is 5.91 Å². The molecule has 1 aliphatic heterocycles. The van der Waals surface area contributed by atoms with Crippen LogP contribution in [0.5, 0.6) is 0 Å². The standard InChI is InChI=1S/C18H17F3N2O2/c1-11-10-25-9-8-23(11)13-4-2-12(3-5-13)22-18(24)14-6-7-15(19)17(21)16(14)20/h2-7,11H,8-10H2,1H3,(H,22,24). The number of morpholine rings is 1. The fourth-order valence-corrected chi connectivity index (χ4v) is 2.75. The summed E-state index contributed by atoms with van der Waals surface area (Å²) in [5, 5.41) is 2.48. The lowest BCUT2D eigenvalue weighted by molar-refractivity contribution is 0.0989. The van der Waals surface area contributed by atoms with E-state index in [9.17, 15) is 18.0 Å². The lowest BCUT2D eigenvalue weighted by Gasteiger charge is -2.35. The van der Waals surface area contributed by atoms with Gasteiger partial charge in [-0.2, -0.15) is 0 Å². The average molecular weight is 350 g/mol. The van der Waals surface area contributed by atoms with E-state index in [-0.39, 0.29) is 6.04 Å². The highest BCUT2D eigenvalue weighted by Crippen LogP contribution is 2.23. The maximum atomic E-state index is 13.7. The van der Waals surface area contributed by atoms with Crippen LogP contribution in [0.1, 0.15) is 17.3 Å². The number of halogens is 3. The van der Waals surface area contributed by atoms with Crippen LogP contribution in [-0.4, -0.2) is 31.7 Å². The SMILES string of the molecule is CC1COCCN1c1ccc(NC(=O)c2ccc(F)c(F)c2F)cc1. The minimum atomic E-state index is -1.66. The summed E-state index contributed by atoms with van der Waals surface area (Å²) in [4.78, 5) is 14.3. The molecule has 1 heterocycles. The number of nitrogens with zero attached hydrogens (tertiary/aromatic N) is 1. The first-order valence-electron chi connectivity index (χ1n) is 7.86. The largest absolute Gasteiger partial charge is 0.377 e. The van der Waals surface area contributed by atoms with Crippen molar-refractivity contribution >= 4 is 17.3 Å². The molecule has 1 N–H and O–H groups in total. The first-order valence-corrected chi connectivity index (χ1v) is 7.86. The third-order valence-corrected chi connectivity index (χ3v) is 4.10. The number of hydrogen-bond donors (Lipinski definition) is 1. The number of carbonyl (C=O) groups is 1. The summed E-state index contributed by atoms with van der Waals surface area (Å²) in [6, 6.07) is 8.88. The number of anilines is 2. The van der Waals surface area contributed by atoms with Gasteiger partial charge in [0.1, 0.15) is 0 Å². The van der Waals surface area contributed by atoms with Gasteiger partial charge in [-0.3, -0.25) is 4.79 Å². The molecule has 1 fully saturated rings. The Morgan fingerprint density at radius 3 is 2.52 bits per heavy atom. The summed E-state index contributed by atoms with van der Waals surface area (Å²) < 4.78 is 45.3. The number of rotatable bonds is 3. The first kappa shape index (κ1) is 17.3. The van der Waals surface area contributed by atoms with Crippen molar-refractivity contribution in [2.45, 2.75) is 13.0 Å². The highest BCUT2D eigenvalue weighted by molar-refractivity contribution is 6.04. The van der Waals surface area contributed by atoms with E-state index >= 15 is 0 Å². The van der Waals surface area contributed by atoms with Crippen LogP contribution in [0.3, 0.4) is 0 Å². The zero-order valence-corrected chi connectivity index (χ0v) is 13.6. The van der Waals surface area contributed by atoms with Crippen LogP contribution in [-0.2, 0) is 4.74 Å². The Kier molecular flexibility index (Phi) is 4.94. The minimum absolute atomic E-state index is 0.241. The maximum absolute atomic E-state index is 13.7. The molecule has 1 unspecified atom stereocenters. The lowest BCUT2D eigenvalue weighted by Crippen LogP contribution is -2.43. The summed E-state index contributed by atoms with van der Waals surface area (Å²) in [5.41, 5.74) is 0.858. The second kappa shape index (κ2) is 7.14. The van der Waals surface area contributed by atoms with Crippen LogP contribution in [0.25, 0.3) is 0 Å². The van der Waals surface area contributed by atoms with Crippen molar-refractivity contribution in [1.82, 2.24) is 0 Å². The Labute approximate surface area is 143 Å². The van der Waals surface area contributed by atoms with Crippen molar-refractivity contribution < 1.29 is 22.7 Å². The summed E-state index contributed by atoms with van der Waals surface area (Å²) in [7, 11) is 0. The van der Waals surface area contributed by atoms with Crippen molar-refractivity contribution in [3.05, 3.63) is 59.4 Å².